The van der Waals surface area contributed by atoms with Crippen LogP contribution in [0.4, 0.5) is 0 Å². The molecule has 4 rings (SSSR count). The fourth-order valence-corrected chi connectivity index (χ4v) is 3.39. The van der Waals surface area contributed by atoms with Crippen molar-refractivity contribution in [3.05, 3.63) is 46.8 Å². The first-order chi connectivity index (χ1) is 12.1. The van der Waals surface area contributed by atoms with Gasteiger partial charge in [-0.15, -0.1) is 0 Å². The third-order valence-corrected chi connectivity index (χ3v) is 4.85. The summed E-state index contributed by atoms with van der Waals surface area (Å²) in [6, 6.07) is 3.29. The molecule has 2 N–H and O–H groups in total. The predicted molar refractivity (Wildman–Crippen MR) is 89.5 cm³/mol. The van der Waals surface area contributed by atoms with Gasteiger partial charge < -0.3 is 15.0 Å². The first kappa shape index (κ1) is 15.8. The lowest BCUT2D eigenvalue weighted by Crippen LogP contribution is -2.26. The number of rotatable bonds is 5. The van der Waals surface area contributed by atoms with E-state index in [0.717, 1.165) is 55.9 Å². The quantitative estimate of drug-likeness (QED) is 0.869. The molecule has 0 radical (unpaired) electrons. The summed E-state index contributed by atoms with van der Waals surface area (Å²) in [4.78, 5) is 32.4. The van der Waals surface area contributed by atoms with Gasteiger partial charge in [0.15, 0.2) is 0 Å². The molecular weight excluding hydrogens is 320 g/mol. The molecule has 0 saturated heterocycles. The molecule has 7 nitrogen and oxygen atoms in total. The van der Waals surface area contributed by atoms with Gasteiger partial charge in [-0.1, -0.05) is 0 Å². The lowest BCUT2D eigenvalue weighted by molar-refractivity contribution is 0.0695. The number of hydrogen-bond donors (Lipinski definition) is 2. The number of amides is 1. The fraction of sp³-hybridized carbons (Fsp3) is 0.444. The Bertz CT molecular complexity index is 839. The van der Waals surface area contributed by atoms with E-state index in [-0.39, 0.29) is 5.91 Å². The number of aromatic nitrogens is 3. The zero-order valence-corrected chi connectivity index (χ0v) is 13.9. The maximum atomic E-state index is 12.4. The number of hydrogen-bond acceptors (Lipinski definition) is 4. The second-order valence-electron chi connectivity index (χ2n) is 6.67. The molecule has 0 spiro atoms. The molecule has 7 heteroatoms. The molecule has 3 heterocycles. The monoisotopic (exact) mass is 340 g/mol. The Morgan fingerprint density at radius 1 is 1.32 bits per heavy atom. The fourth-order valence-electron chi connectivity index (χ4n) is 3.39. The summed E-state index contributed by atoms with van der Waals surface area (Å²) in [5, 5.41) is 12.2. The number of carbonyl (C=O) groups excluding carboxylic acids is 1. The van der Waals surface area contributed by atoms with Gasteiger partial charge in [0.2, 0.25) is 0 Å². The van der Waals surface area contributed by atoms with E-state index in [1.807, 2.05) is 4.57 Å². The van der Waals surface area contributed by atoms with Crippen LogP contribution in [-0.4, -0.2) is 31.5 Å². The van der Waals surface area contributed by atoms with E-state index in [2.05, 4.69) is 15.3 Å². The van der Waals surface area contributed by atoms with Gasteiger partial charge in [0.1, 0.15) is 11.5 Å². The van der Waals surface area contributed by atoms with Gasteiger partial charge in [-0.2, -0.15) is 0 Å². The van der Waals surface area contributed by atoms with Gasteiger partial charge in [-0.05, 0) is 44.2 Å². The number of carboxylic acids is 1. The van der Waals surface area contributed by atoms with Crippen molar-refractivity contribution in [3.63, 3.8) is 0 Å². The molecule has 1 saturated carbocycles. The molecule has 1 fully saturated rings. The van der Waals surface area contributed by atoms with Crippen LogP contribution in [-0.2, 0) is 19.5 Å². The molecular formula is C18H20N4O3. The minimum Gasteiger partial charge on any atom is -0.478 e. The van der Waals surface area contributed by atoms with Crippen LogP contribution in [0.25, 0.3) is 0 Å². The van der Waals surface area contributed by atoms with E-state index in [9.17, 15) is 14.7 Å². The molecule has 1 aliphatic carbocycles. The minimum atomic E-state index is -0.909. The van der Waals surface area contributed by atoms with Crippen LogP contribution in [0.1, 0.15) is 69.7 Å². The van der Waals surface area contributed by atoms with Crippen molar-refractivity contribution >= 4 is 11.9 Å². The molecule has 25 heavy (non-hydrogen) atoms. The van der Waals surface area contributed by atoms with Crippen LogP contribution in [0.2, 0.25) is 0 Å². The Kier molecular flexibility index (Phi) is 3.99. The summed E-state index contributed by atoms with van der Waals surface area (Å²) in [5.74, 6) is -0.0370. The van der Waals surface area contributed by atoms with Gasteiger partial charge in [-0.3, -0.25) is 4.79 Å². The summed E-state index contributed by atoms with van der Waals surface area (Å²) in [5.41, 5.74) is 2.40. The molecule has 2 aromatic heterocycles. The van der Waals surface area contributed by atoms with Gasteiger partial charge in [0.05, 0.1) is 12.1 Å². The van der Waals surface area contributed by atoms with Crippen LogP contribution >= 0.6 is 0 Å². The van der Waals surface area contributed by atoms with Crippen LogP contribution in [0.15, 0.2) is 18.3 Å². The molecule has 0 unspecified atom stereocenters. The summed E-state index contributed by atoms with van der Waals surface area (Å²) >= 11 is 0. The molecule has 0 bridgehead atoms. The Hall–Kier alpha value is -2.70. The Balaban J connectivity index is 1.50. The van der Waals surface area contributed by atoms with Crippen molar-refractivity contribution in [3.8, 4) is 0 Å². The third-order valence-electron chi connectivity index (χ3n) is 4.85. The van der Waals surface area contributed by atoms with E-state index >= 15 is 0 Å². The summed E-state index contributed by atoms with van der Waals surface area (Å²) in [6.45, 7) is 1.09. The molecule has 130 valence electrons. The number of carbonyl (C=O) groups is 2. The maximum absolute atomic E-state index is 12.4. The normalized spacial score (nSPS) is 16.3. The molecule has 2 aromatic rings. The minimum absolute atomic E-state index is 0.257. The second-order valence-corrected chi connectivity index (χ2v) is 6.67. The molecule has 1 amide bonds. The van der Waals surface area contributed by atoms with Crippen LogP contribution in [0, 0.1) is 0 Å². The highest BCUT2D eigenvalue weighted by Crippen LogP contribution is 2.37. The van der Waals surface area contributed by atoms with Crippen molar-refractivity contribution in [2.24, 2.45) is 0 Å². The maximum Gasteiger partial charge on any atom is 0.337 e. The van der Waals surface area contributed by atoms with E-state index in [1.165, 1.54) is 0 Å². The van der Waals surface area contributed by atoms with E-state index < -0.39 is 5.97 Å². The zero-order valence-electron chi connectivity index (χ0n) is 13.9. The zero-order chi connectivity index (χ0) is 17.4. The number of nitrogens with one attached hydrogen (secondary N) is 1. The highest BCUT2D eigenvalue weighted by molar-refractivity contribution is 5.92. The van der Waals surface area contributed by atoms with E-state index in [1.54, 1.807) is 18.3 Å². The van der Waals surface area contributed by atoms with Crippen molar-refractivity contribution in [1.29, 1.82) is 0 Å². The summed E-state index contributed by atoms with van der Waals surface area (Å²) < 4.78 is 2.03. The lowest BCUT2D eigenvalue weighted by Gasteiger charge is -2.18. The Labute approximate surface area is 145 Å². The van der Waals surface area contributed by atoms with Crippen LogP contribution in [0.3, 0.4) is 0 Å². The first-order valence-corrected chi connectivity index (χ1v) is 8.69. The third kappa shape index (κ3) is 3.14. The predicted octanol–water partition coefficient (Wildman–Crippen LogP) is 2.12. The van der Waals surface area contributed by atoms with Crippen molar-refractivity contribution in [1.82, 2.24) is 19.9 Å². The number of nitrogens with zero attached hydrogens (tertiary/aromatic N) is 3. The molecule has 1 aliphatic heterocycles. The summed E-state index contributed by atoms with van der Waals surface area (Å²) in [6.07, 6.45) is 6.58. The molecule has 0 atom stereocenters. The number of fused-ring (bicyclic) bond motifs is 1. The lowest BCUT2D eigenvalue weighted by atomic mass is 10.1. The SMILES string of the molecule is O=C(NCc1cc(C(=O)O)c2n1CCCC2)c1ccnc(C2CC2)n1. The number of carboxylic acid groups (broad SMARTS) is 1. The highest BCUT2D eigenvalue weighted by Gasteiger charge is 2.27. The average molecular weight is 340 g/mol. The van der Waals surface area contributed by atoms with Crippen molar-refractivity contribution in [2.45, 2.75) is 51.1 Å². The van der Waals surface area contributed by atoms with E-state index in [0.29, 0.717) is 23.7 Å². The summed E-state index contributed by atoms with van der Waals surface area (Å²) in [7, 11) is 0. The van der Waals surface area contributed by atoms with Gasteiger partial charge >= 0.3 is 5.97 Å². The van der Waals surface area contributed by atoms with Crippen LogP contribution in [0.5, 0.6) is 0 Å². The van der Waals surface area contributed by atoms with Gasteiger partial charge in [0.25, 0.3) is 5.91 Å². The van der Waals surface area contributed by atoms with Gasteiger partial charge in [0, 0.05) is 30.0 Å². The largest absolute Gasteiger partial charge is 0.478 e. The topological polar surface area (TPSA) is 97.1 Å². The average Bonchev–Trinajstić information content (AvgIpc) is 3.41. The highest BCUT2D eigenvalue weighted by atomic mass is 16.4. The van der Waals surface area contributed by atoms with Crippen molar-refractivity contribution < 1.29 is 14.7 Å². The van der Waals surface area contributed by atoms with E-state index in [4.69, 9.17) is 0 Å². The Morgan fingerprint density at radius 2 is 2.16 bits per heavy atom. The van der Waals surface area contributed by atoms with Crippen LogP contribution < -0.4 is 5.32 Å². The number of aromatic carboxylic acids is 1. The molecule has 2 aliphatic rings. The second kappa shape index (κ2) is 6.31. The van der Waals surface area contributed by atoms with Crippen molar-refractivity contribution in [2.75, 3.05) is 0 Å². The Morgan fingerprint density at radius 3 is 2.92 bits per heavy atom. The van der Waals surface area contributed by atoms with Gasteiger partial charge in [-0.25, -0.2) is 14.8 Å². The smallest absolute Gasteiger partial charge is 0.337 e. The molecule has 0 aromatic carbocycles. The first-order valence-electron chi connectivity index (χ1n) is 8.69. The standard InChI is InChI=1S/C18H20N4O3/c23-17(14-6-7-19-16(21-14)11-4-5-11)20-10-12-9-13(18(24)25)15-3-1-2-8-22(12)15/h6-7,9,11H,1-5,8,10H2,(H,20,23)(H,24,25).